The van der Waals surface area contributed by atoms with Crippen LogP contribution >= 0.6 is 0 Å². The molecule has 4 rings (SSSR count). The molecule has 1 amide bonds. The van der Waals surface area contributed by atoms with Crippen molar-refractivity contribution in [3.05, 3.63) is 81.2 Å². The Morgan fingerprint density at radius 1 is 1.11 bits per heavy atom. The Labute approximate surface area is 206 Å². The Balaban J connectivity index is 1.87. The van der Waals surface area contributed by atoms with Gasteiger partial charge in [0.05, 0.1) is 30.2 Å². The van der Waals surface area contributed by atoms with Crippen molar-refractivity contribution in [3.8, 4) is 11.5 Å². The maximum atomic E-state index is 13.8. The number of hydrogen-bond donors (Lipinski definition) is 0. The van der Waals surface area contributed by atoms with Gasteiger partial charge in [-0.3, -0.25) is 9.59 Å². The highest BCUT2D eigenvalue weighted by Crippen LogP contribution is 2.41. The van der Waals surface area contributed by atoms with Crippen molar-refractivity contribution in [2.24, 2.45) is 5.92 Å². The van der Waals surface area contributed by atoms with Crippen LogP contribution in [-0.2, 0) is 0 Å². The van der Waals surface area contributed by atoms with Crippen molar-refractivity contribution < 1.29 is 18.7 Å². The third kappa shape index (κ3) is 4.57. The van der Waals surface area contributed by atoms with Crippen molar-refractivity contribution in [2.75, 3.05) is 19.8 Å². The van der Waals surface area contributed by atoms with E-state index in [1.54, 1.807) is 11.0 Å². The smallest absolute Gasteiger partial charge is 0.291 e. The topological polar surface area (TPSA) is 69.0 Å². The van der Waals surface area contributed by atoms with E-state index in [1.165, 1.54) is 0 Å². The number of amides is 1. The molecule has 0 saturated heterocycles. The molecule has 1 unspecified atom stereocenters. The average Bonchev–Trinajstić information content (AvgIpc) is 3.08. The number of hydrogen-bond acceptors (Lipinski definition) is 5. The number of rotatable bonds is 9. The predicted octanol–water partition coefficient (Wildman–Crippen LogP) is 5.96. The van der Waals surface area contributed by atoms with Crippen LogP contribution in [0.5, 0.6) is 11.5 Å². The minimum Gasteiger partial charge on any atom is -0.490 e. The van der Waals surface area contributed by atoms with E-state index in [2.05, 4.69) is 20.4 Å². The van der Waals surface area contributed by atoms with Gasteiger partial charge >= 0.3 is 0 Å². The van der Waals surface area contributed by atoms with Crippen LogP contribution in [0.3, 0.4) is 0 Å². The zero-order valence-corrected chi connectivity index (χ0v) is 21.1. The number of fused-ring (bicyclic) bond motifs is 2. The van der Waals surface area contributed by atoms with Gasteiger partial charge in [-0.25, -0.2) is 0 Å². The van der Waals surface area contributed by atoms with E-state index >= 15 is 0 Å². The second-order valence-corrected chi connectivity index (χ2v) is 9.45. The molecule has 2 aromatic carbocycles. The fraction of sp³-hybridized carbons (Fsp3) is 0.379. The summed E-state index contributed by atoms with van der Waals surface area (Å²) in [7, 11) is 0. The van der Waals surface area contributed by atoms with E-state index in [-0.39, 0.29) is 23.6 Å². The third-order valence-electron chi connectivity index (χ3n) is 6.26. The summed E-state index contributed by atoms with van der Waals surface area (Å²) in [5, 5.41) is 0.484. The van der Waals surface area contributed by atoms with Crippen LogP contribution in [0.2, 0.25) is 0 Å². The first-order chi connectivity index (χ1) is 16.8. The van der Waals surface area contributed by atoms with Crippen molar-refractivity contribution in [1.82, 2.24) is 4.90 Å². The van der Waals surface area contributed by atoms with Crippen LogP contribution in [0.4, 0.5) is 0 Å². The van der Waals surface area contributed by atoms with E-state index in [0.29, 0.717) is 47.2 Å². The summed E-state index contributed by atoms with van der Waals surface area (Å²) in [5.74, 6) is 1.54. The fourth-order valence-electron chi connectivity index (χ4n) is 4.64. The third-order valence-corrected chi connectivity index (χ3v) is 6.26. The summed E-state index contributed by atoms with van der Waals surface area (Å²) in [6.45, 7) is 15.2. The van der Waals surface area contributed by atoms with Crippen LogP contribution in [0.25, 0.3) is 11.0 Å². The second kappa shape index (κ2) is 9.98. The number of nitrogens with zero attached hydrogens (tertiary/aromatic N) is 1. The van der Waals surface area contributed by atoms with Gasteiger partial charge < -0.3 is 18.8 Å². The maximum absolute atomic E-state index is 13.8. The van der Waals surface area contributed by atoms with Crippen LogP contribution in [0, 0.1) is 19.8 Å². The van der Waals surface area contributed by atoms with Crippen LogP contribution in [0.15, 0.2) is 52.2 Å². The first kappa shape index (κ1) is 24.6. The number of carbonyl (C=O) groups is 1. The van der Waals surface area contributed by atoms with Gasteiger partial charge in [0.1, 0.15) is 5.58 Å². The monoisotopic (exact) mass is 475 g/mol. The lowest BCUT2D eigenvalue weighted by Crippen LogP contribution is -2.29. The average molecular weight is 476 g/mol. The summed E-state index contributed by atoms with van der Waals surface area (Å²) in [6.07, 6.45) is 2.58. The second-order valence-electron chi connectivity index (χ2n) is 9.45. The molecule has 1 aromatic heterocycles. The van der Waals surface area contributed by atoms with Crippen molar-refractivity contribution in [1.29, 1.82) is 0 Å². The molecule has 1 aliphatic rings. The molecule has 1 atom stereocenters. The summed E-state index contributed by atoms with van der Waals surface area (Å²) in [6, 6.07) is 8.77. The molecule has 0 N–H and O–H groups in total. The Kier molecular flexibility index (Phi) is 7.01. The largest absolute Gasteiger partial charge is 0.490 e. The lowest BCUT2D eigenvalue weighted by Gasteiger charge is -2.24. The van der Waals surface area contributed by atoms with Gasteiger partial charge in [-0.15, -0.1) is 6.58 Å². The Bertz CT molecular complexity index is 1340. The fourth-order valence-corrected chi connectivity index (χ4v) is 4.64. The van der Waals surface area contributed by atoms with Gasteiger partial charge in [-0.2, -0.15) is 0 Å². The lowest BCUT2D eigenvalue weighted by molar-refractivity contribution is 0.0748. The van der Waals surface area contributed by atoms with E-state index in [9.17, 15) is 9.59 Å². The molecule has 0 saturated carbocycles. The van der Waals surface area contributed by atoms with Gasteiger partial charge in [-0.05, 0) is 68.0 Å². The van der Waals surface area contributed by atoms with Crippen LogP contribution < -0.4 is 14.9 Å². The van der Waals surface area contributed by atoms with Crippen molar-refractivity contribution in [3.63, 3.8) is 0 Å². The van der Waals surface area contributed by atoms with Crippen molar-refractivity contribution in [2.45, 2.75) is 47.1 Å². The van der Waals surface area contributed by atoms with Crippen LogP contribution in [-0.4, -0.2) is 30.6 Å². The lowest BCUT2D eigenvalue weighted by atomic mass is 9.97. The Morgan fingerprint density at radius 2 is 1.89 bits per heavy atom. The minimum atomic E-state index is -0.610. The van der Waals surface area contributed by atoms with E-state index in [1.807, 2.05) is 51.1 Å². The highest BCUT2D eigenvalue weighted by atomic mass is 16.5. The van der Waals surface area contributed by atoms with E-state index < -0.39 is 6.04 Å². The van der Waals surface area contributed by atoms with E-state index in [0.717, 1.165) is 23.1 Å². The van der Waals surface area contributed by atoms with Crippen LogP contribution in [0.1, 0.15) is 66.0 Å². The van der Waals surface area contributed by atoms with Gasteiger partial charge in [0, 0.05) is 6.54 Å². The summed E-state index contributed by atoms with van der Waals surface area (Å²) >= 11 is 0. The SMILES string of the molecule is C=CCN1C(=O)c2oc3c(C)cc(C)cc3c(=O)c2C1c1ccc(OCCC(C)C)c(OCC)c1. The molecule has 6 heteroatoms. The van der Waals surface area contributed by atoms with Gasteiger partial charge in [0.25, 0.3) is 5.91 Å². The van der Waals surface area contributed by atoms with Gasteiger partial charge in [-0.1, -0.05) is 32.1 Å². The molecule has 0 fully saturated rings. The first-order valence-electron chi connectivity index (χ1n) is 12.2. The predicted molar refractivity (Wildman–Crippen MR) is 138 cm³/mol. The van der Waals surface area contributed by atoms with E-state index in [4.69, 9.17) is 13.9 Å². The molecule has 35 heavy (non-hydrogen) atoms. The minimum absolute atomic E-state index is 0.0940. The summed E-state index contributed by atoms with van der Waals surface area (Å²) in [5.41, 5.74) is 3.17. The van der Waals surface area contributed by atoms with Crippen molar-refractivity contribution >= 4 is 16.9 Å². The number of ether oxygens (including phenoxy) is 2. The maximum Gasteiger partial charge on any atom is 0.291 e. The molecule has 184 valence electrons. The van der Waals surface area contributed by atoms with Gasteiger partial charge in [0.2, 0.25) is 5.76 Å². The zero-order valence-electron chi connectivity index (χ0n) is 21.1. The standard InChI is InChI=1S/C29H33NO5/c1-7-12-30-25(20-9-10-22(23(16-20)33-8-2)34-13-11-17(3)4)24-26(31)21-15-18(5)14-19(6)27(21)35-28(24)29(30)32/h7,9-10,14-17,25H,1,8,11-13H2,2-6H3. The number of benzene rings is 2. The molecular formula is C29H33NO5. The molecule has 3 aromatic rings. The number of carbonyl (C=O) groups excluding carboxylic acids is 1. The molecule has 0 radical (unpaired) electrons. The Morgan fingerprint density at radius 3 is 2.57 bits per heavy atom. The molecular weight excluding hydrogens is 442 g/mol. The highest BCUT2D eigenvalue weighted by molar-refractivity contribution is 5.99. The first-order valence-corrected chi connectivity index (χ1v) is 12.2. The summed E-state index contributed by atoms with van der Waals surface area (Å²) in [4.78, 5) is 28.8. The summed E-state index contributed by atoms with van der Waals surface area (Å²) < 4.78 is 18.0. The zero-order chi connectivity index (χ0) is 25.3. The molecule has 2 heterocycles. The Hall–Kier alpha value is -3.54. The number of aryl methyl sites for hydroxylation is 2. The molecule has 0 bridgehead atoms. The van der Waals surface area contributed by atoms with Gasteiger partial charge in [0.15, 0.2) is 16.9 Å². The molecule has 0 aliphatic carbocycles. The normalized spacial score (nSPS) is 15.1. The molecule has 0 spiro atoms. The molecule has 1 aliphatic heterocycles. The quantitative estimate of drug-likeness (QED) is 0.357. The molecule has 6 nitrogen and oxygen atoms in total. The highest BCUT2D eigenvalue weighted by Gasteiger charge is 2.42.